The van der Waals surface area contributed by atoms with Crippen LogP contribution in [0.2, 0.25) is 0 Å². The summed E-state index contributed by atoms with van der Waals surface area (Å²) in [5, 5.41) is 14.9. The SMILES string of the molecule is COc1ccc(/C=C/C(=O)NC(=S)Nc2cccc(O)c2)cc1OC. The minimum Gasteiger partial charge on any atom is -0.508 e. The fraction of sp³-hybridized carbons (Fsp3) is 0.111. The standard InChI is InChI=1S/C18H18N2O4S/c1-23-15-8-6-12(10-16(15)24-2)7-9-17(22)20-18(25)19-13-4-3-5-14(21)11-13/h3-11,21H,1-2H3,(H2,19,20,22,25)/b9-7+. The largest absolute Gasteiger partial charge is 0.508 e. The number of rotatable bonds is 5. The molecule has 0 saturated heterocycles. The Kier molecular flexibility index (Phi) is 6.36. The zero-order chi connectivity index (χ0) is 18.2. The Hall–Kier alpha value is -3.06. The lowest BCUT2D eigenvalue weighted by Crippen LogP contribution is -2.32. The summed E-state index contributed by atoms with van der Waals surface area (Å²) in [6, 6.07) is 11.7. The number of benzene rings is 2. The lowest BCUT2D eigenvalue weighted by Gasteiger charge is -2.08. The average molecular weight is 358 g/mol. The monoisotopic (exact) mass is 358 g/mol. The molecule has 6 nitrogen and oxygen atoms in total. The molecule has 7 heteroatoms. The van der Waals surface area contributed by atoms with E-state index in [1.54, 1.807) is 56.7 Å². The van der Waals surface area contributed by atoms with Crippen LogP contribution in [0.15, 0.2) is 48.5 Å². The van der Waals surface area contributed by atoms with Crippen LogP contribution in [0, 0.1) is 0 Å². The molecule has 0 saturated carbocycles. The van der Waals surface area contributed by atoms with Crippen LogP contribution in [0.3, 0.4) is 0 Å². The van der Waals surface area contributed by atoms with E-state index in [1.807, 2.05) is 0 Å². The average Bonchev–Trinajstić information content (AvgIpc) is 2.59. The van der Waals surface area contributed by atoms with Gasteiger partial charge in [-0.15, -0.1) is 0 Å². The predicted octanol–water partition coefficient (Wildman–Crippen LogP) is 2.94. The smallest absolute Gasteiger partial charge is 0.250 e. The molecule has 0 unspecified atom stereocenters. The van der Waals surface area contributed by atoms with E-state index in [9.17, 15) is 9.90 Å². The number of carbonyl (C=O) groups is 1. The Morgan fingerprint density at radius 1 is 1.12 bits per heavy atom. The molecule has 0 aliphatic rings. The van der Waals surface area contributed by atoms with E-state index < -0.39 is 0 Å². The van der Waals surface area contributed by atoms with E-state index in [4.69, 9.17) is 21.7 Å². The Morgan fingerprint density at radius 2 is 1.88 bits per heavy atom. The van der Waals surface area contributed by atoms with E-state index in [-0.39, 0.29) is 16.8 Å². The second-order valence-corrected chi connectivity index (χ2v) is 5.35. The highest BCUT2D eigenvalue weighted by Crippen LogP contribution is 2.27. The molecule has 0 aliphatic carbocycles. The number of carbonyl (C=O) groups excluding carboxylic acids is 1. The molecule has 0 fully saturated rings. The Bertz CT molecular complexity index is 805. The fourth-order valence-electron chi connectivity index (χ4n) is 2.03. The molecule has 0 spiro atoms. The molecule has 1 amide bonds. The van der Waals surface area contributed by atoms with Crippen LogP contribution in [0.4, 0.5) is 5.69 Å². The zero-order valence-electron chi connectivity index (χ0n) is 13.8. The van der Waals surface area contributed by atoms with Crippen molar-refractivity contribution in [2.24, 2.45) is 0 Å². The summed E-state index contributed by atoms with van der Waals surface area (Å²) >= 11 is 5.06. The van der Waals surface area contributed by atoms with E-state index in [1.165, 1.54) is 12.1 Å². The van der Waals surface area contributed by atoms with Gasteiger partial charge < -0.3 is 19.9 Å². The van der Waals surface area contributed by atoms with Gasteiger partial charge in [0.2, 0.25) is 5.91 Å². The van der Waals surface area contributed by atoms with Crippen LogP contribution in [0.5, 0.6) is 17.2 Å². The first kappa shape index (κ1) is 18.3. The summed E-state index contributed by atoms with van der Waals surface area (Å²) in [5.41, 5.74) is 1.36. The van der Waals surface area contributed by atoms with Crippen molar-refractivity contribution in [1.82, 2.24) is 5.32 Å². The molecule has 0 radical (unpaired) electrons. The summed E-state index contributed by atoms with van der Waals surface area (Å²) in [4.78, 5) is 11.9. The van der Waals surface area contributed by atoms with Gasteiger partial charge in [0.05, 0.1) is 14.2 Å². The topological polar surface area (TPSA) is 79.8 Å². The second-order valence-electron chi connectivity index (χ2n) is 4.94. The van der Waals surface area contributed by atoms with Gasteiger partial charge in [0, 0.05) is 17.8 Å². The van der Waals surface area contributed by atoms with Crippen LogP contribution >= 0.6 is 12.2 Å². The van der Waals surface area contributed by atoms with Crippen molar-refractivity contribution in [1.29, 1.82) is 0 Å². The minimum atomic E-state index is -0.382. The van der Waals surface area contributed by atoms with E-state index >= 15 is 0 Å². The van der Waals surface area contributed by atoms with Gasteiger partial charge in [-0.25, -0.2) is 0 Å². The molecule has 0 bridgehead atoms. The van der Waals surface area contributed by atoms with Gasteiger partial charge in [0.1, 0.15) is 5.75 Å². The first-order chi connectivity index (χ1) is 12.0. The van der Waals surface area contributed by atoms with Gasteiger partial charge in [-0.05, 0) is 48.1 Å². The van der Waals surface area contributed by atoms with Crippen molar-refractivity contribution in [2.75, 3.05) is 19.5 Å². The van der Waals surface area contributed by atoms with E-state index in [2.05, 4.69) is 10.6 Å². The van der Waals surface area contributed by atoms with Crippen molar-refractivity contribution >= 4 is 35.0 Å². The molecule has 3 N–H and O–H groups in total. The van der Waals surface area contributed by atoms with Gasteiger partial charge in [-0.1, -0.05) is 12.1 Å². The summed E-state index contributed by atoms with van der Waals surface area (Å²) in [5.74, 6) is 0.909. The molecule has 0 heterocycles. The number of phenols is 1. The highest BCUT2D eigenvalue weighted by atomic mass is 32.1. The third-order valence-electron chi connectivity index (χ3n) is 3.18. The minimum absolute atomic E-state index is 0.104. The van der Waals surface area contributed by atoms with E-state index in [0.717, 1.165) is 5.56 Å². The number of anilines is 1. The number of aromatic hydroxyl groups is 1. The molecular weight excluding hydrogens is 340 g/mol. The second kappa shape index (κ2) is 8.70. The lowest BCUT2D eigenvalue weighted by molar-refractivity contribution is -0.115. The summed E-state index contributed by atoms with van der Waals surface area (Å²) < 4.78 is 10.4. The first-order valence-electron chi connectivity index (χ1n) is 7.33. The van der Waals surface area contributed by atoms with Crippen LogP contribution < -0.4 is 20.1 Å². The zero-order valence-corrected chi connectivity index (χ0v) is 14.6. The van der Waals surface area contributed by atoms with Crippen molar-refractivity contribution in [3.63, 3.8) is 0 Å². The summed E-state index contributed by atoms with van der Waals surface area (Å²) in [6.07, 6.45) is 2.99. The Morgan fingerprint density at radius 3 is 2.56 bits per heavy atom. The summed E-state index contributed by atoms with van der Waals surface area (Å²) in [6.45, 7) is 0. The number of thiocarbonyl (C=S) groups is 1. The number of hydrogen-bond acceptors (Lipinski definition) is 5. The molecule has 0 aliphatic heterocycles. The van der Waals surface area contributed by atoms with Crippen molar-refractivity contribution in [3.05, 3.63) is 54.1 Å². The van der Waals surface area contributed by atoms with Crippen LogP contribution in [-0.4, -0.2) is 30.3 Å². The number of nitrogens with one attached hydrogen (secondary N) is 2. The number of phenolic OH excluding ortho intramolecular Hbond substituents is 1. The molecule has 0 atom stereocenters. The molecule has 2 aromatic carbocycles. The maximum Gasteiger partial charge on any atom is 0.250 e. The van der Waals surface area contributed by atoms with Crippen LogP contribution in [-0.2, 0) is 4.79 Å². The summed E-state index contributed by atoms with van der Waals surface area (Å²) in [7, 11) is 3.10. The van der Waals surface area contributed by atoms with Crippen molar-refractivity contribution < 1.29 is 19.4 Å². The molecular formula is C18H18N2O4S. The third kappa shape index (κ3) is 5.50. The Labute approximate surface area is 151 Å². The quantitative estimate of drug-likeness (QED) is 0.563. The van der Waals surface area contributed by atoms with Crippen LogP contribution in [0.25, 0.3) is 6.08 Å². The van der Waals surface area contributed by atoms with E-state index in [0.29, 0.717) is 17.2 Å². The van der Waals surface area contributed by atoms with Gasteiger partial charge >= 0.3 is 0 Å². The molecule has 2 rings (SSSR count). The van der Waals surface area contributed by atoms with Gasteiger partial charge in [0.25, 0.3) is 0 Å². The number of hydrogen-bond donors (Lipinski definition) is 3. The maximum absolute atomic E-state index is 11.9. The maximum atomic E-state index is 11.9. The Balaban J connectivity index is 1.95. The lowest BCUT2D eigenvalue weighted by atomic mass is 10.2. The molecule has 0 aromatic heterocycles. The third-order valence-corrected chi connectivity index (χ3v) is 3.38. The normalized spacial score (nSPS) is 10.3. The van der Waals surface area contributed by atoms with Crippen molar-refractivity contribution in [3.8, 4) is 17.2 Å². The van der Waals surface area contributed by atoms with Gasteiger partial charge in [-0.2, -0.15) is 0 Å². The first-order valence-corrected chi connectivity index (χ1v) is 7.73. The molecule has 25 heavy (non-hydrogen) atoms. The van der Waals surface area contributed by atoms with Crippen molar-refractivity contribution in [2.45, 2.75) is 0 Å². The van der Waals surface area contributed by atoms with Gasteiger partial charge in [0.15, 0.2) is 16.6 Å². The fourth-order valence-corrected chi connectivity index (χ4v) is 2.25. The molecule has 2 aromatic rings. The highest BCUT2D eigenvalue weighted by Gasteiger charge is 2.04. The number of ether oxygens (including phenoxy) is 2. The number of methoxy groups -OCH3 is 2. The number of amides is 1. The van der Waals surface area contributed by atoms with Crippen LogP contribution in [0.1, 0.15) is 5.56 Å². The van der Waals surface area contributed by atoms with Gasteiger partial charge in [-0.3, -0.25) is 10.1 Å². The predicted molar refractivity (Wildman–Crippen MR) is 101 cm³/mol. The highest BCUT2D eigenvalue weighted by molar-refractivity contribution is 7.80. The molecule has 130 valence electrons.